The number of carboxylic acid groups (broad SMARTS) is 1. The van der Waals surface area contributed by atoms with Crippen LogP contribution in [0.4, 0.5) is 13.2 Å². The van der Waals surface area contributed by atoms with Gasteiger partial charge in [0.05, 0.1) is 12.6 Å². The van der Waals surface area contributed by atoms with Crippen molar-refractivity contribution in [1.29, 1.82) is 0 Å². The lowest BCUT2D eigenvalue weighted by molar-refractivity contribution is -0.136. The largest absolute Gasteiger partial charge is 0.481 e. The van der Waals surface area contributed by atoms with Crippen molar-refractivity contribution < 1.29 is 27.8 Å². The van der Waals surface area contributed by atoms with E-state index in [-0.39, 0.29) is 5.56 Å². The van der Waals surface area contributed by atoms with Gasteiger partial charge in [0, 0.05) is 5.56 Å². The van der Waals surface area contributed by atoms with E-state index in [0.717, 1.165) is 6.07 Å². The third-order valence-corrected chi connectivity index (χ3v) is 1.43. The number of aromatic nitrogens is 1. The van der Waals surface area contributed by atoms with E-state index in [1.807, 2.05) is 0 Å². The summed E-state index contributed by atoms with van der Waals surface area (Å²) in [6, 6.07) is 0.791. The van der Waals surface area contributed by atoms with Crippen molar-refractivity contribution in [2.45, 2.75) is 13.0 Å². The van der Waals surface area contributed by atoms with Crippen LogP contribution in [0.25, 0.3) is 0 Å². The minimum absolute atomic E-state index is 0.234. The maximum atomic E-state index is 12.6. The number of hydrogen-bond acceptors (Lipinski definition) is 3. The predicted molar refractivity (Wildman–Crippen MR) is 42.2 cm³/mol. The van der Waals surface area contributed by atoms with Gasteiger partial charge in [0.15, 0.2) is 0 Å². The molecule has 0 fully saturated rings. The number of carboxylic acids is 1. The van der Waals surface area contributed by atoms with Gasteiger partial charge >= 0.3 is 12.6 Å². The summed E-state index contributed by atoms with van der Waals surface area (Å²) in [7, 11) is 0. The van der Waals surface area contributed by atoms with Crippen LogP contribution in [0.1, 0.15) is 5.56 Å². The van der Waals surface area contributed by atoms with Crippen molar-refractivity contribution in [3.05, 3.63) is 23.6 Å². The summed E-state index contributed by atoms with van der Waals surface area (Å²) >= 11 is 0. The molecular weight excluding hydrogens is 215 g/mol. The highest BCUT2D eigenvalue weighted by Gasteiger charge is 2.14. The van der Waals surface area contributed by atoms with Gasteiger partial charge in [-0.1, -0.05) is 0 Å². The molecule has 0 saturated carbocycles. The lowest BCUT2D eigenvalue weighted by Crippen LogP contribution is -2.09. The molecule has 1 rings (SSSR count). The molecule has 0 amide bonds. The molecule has 0 atom stereocenters. The summed E-state index contributed by atoms with van der Waals surface area (Å²) in [6.07, 6.45) is 0.0376. The highest BCUT2D eigenvalue weighted by atomic mass is 19.3. The number of alkyl halides is 2. The number of rotatable bonds is 4. The molecule has 0 unspecified atom stereocenters. The Morgan fingerprint density at radius 1 is 1.60 bits per heavy atom. The second-order valence-electron chi connectivity index (χ2n) is 2.57. The highest BCUT2D eigenvalue weighted by molar-refractivity contribution is 5.70. The van der Waals surface area contributed by atoms with Crippen LogP contribution < -0.4 is 4.74 Å². The molecule has 82 valence electrons. The Morgan fingerprint density at radius 2 is 2.27 bits per heavy atom. The molecular formula is C8H6F3NO3. The van der Waals surface area contributed by atoms with E-state index >= 15 is 0 Å². The topological polar surface area (TPSA) is 59.4 Å². The van der Waals surface area contributed by atoms with Gasteiger partial charge in [-0.3, -0.25) is 4.79 Å². The quantitative estimate of drug-likeness (QED) is 0.835. The molecule has 0 spiro atoms. The predicted octanol–water partition coefficient (Wildman–Crippen LogP) is 1.45. The molecule has 1 aromatic rings. The van der Waals surface area contributed by atoms with Crippen molar-refractivity contribution in [2.75, 3.05) is 0 Å². The number of nitrogens with zero attached hydrogens (tertiary/aromatic N) is 1. The molecule has 0 aliphatic carbocycles. The number of aliphatic carboxylic acids is 1. The normalized spacial score (nSPS) is 10.4. The smallest absolute Gasteiger partial charge is 0.388 e. The highest BCUT2D eigenvalue weighted by Crippen LogP contribution is 2.18. The number of hydrogen-bond donors (Lipinski definition) is 1. The summed E-state index contributed by atoms with van der Waals surface area (Å²) < 4.78 is 40.2. The third-order valence-electron chi connectivity index (χ3n) is 1.43. The average Bonchev–Trinajstić information content (AvgIpc) is 2.08. The zero-order chi connectivity index (χ0) is 11.4. The van der Waals surface area contributed by atoms with Crippen molar-refractivity contribution in [3.63, 3.8) is 0 Å². The maximum absolute atomic E-state index is 12.6. The van der Waals surface area contributed by atoms with Crippen molar-refractivity contribution in [1.82, 2.24) is 4.98 Å². The zero-order valence-electron chi connectivity index (χ0n) is 7.28. The number of ether oxygens (including phenoxy) is 1. The molecule has 0 saturated heterocycles. The minimum Gasteiger partial charge on any atom is -0.481 e. The lowest BCUT2D eigenvalue weighted by Gasteiger charge is -2.07. The second kappa shape index (κ2) is 4.63. The fourth-order valence-electron chi connectivity index (χ4n) is 0.949. The molecule has 15 heavy (non-hydrogen) atoms. The molecule has 0 aromatic carbocycles. The van der Waals surface area contributed by atoms with Gasteiger partial charge in [-0.15, -0.1) is 0 Å². The van der Waals surface area contributed by atoms with Crippen LogP contribution in [0.15, 0.2) is 12.3 Å². The second-order valence-corrected chi connectivity index (χ2v) is 2.57. The van der Waals surface area contributed by atoms with Crippen molar-refractivity contribution in [3.8, 4) is 5.88 Å². The Kier molecular flexibility index (Phi) is 3.48. The van der Waals surface area contributed by atoms with Gasteiger partial charge < -0.3 is 9.84 Å². The molecule has 7 heteroatoms. The molecule has 1 aromatic heterocycles. The van der Waals surface area contributed by atoms with Crippen LogP contribution in [0.5, 0.6) is 5.88 Å². The first-order valence-corrected chi connectivity index (χ1v) is 3.80. The Bertz CT molecular complexity index is 370. The summed E-state index contributed by atoms with van der Waals surface area (Å²) in [5.41, 5.74) is -0.234. The molecule has 1 heterocycles. The third kappa shape index (κ3) is 3.45. The molecule has 1 N–H and O–H groups in total. The standard InChI is InChI=1S/C8H6F3NO3/c9-5-1-4(2-6(13)14)7(12-3-5)15-8(10)11/h1,3,8H,2H2,(H,13,14). The van der Waals surface area contributed by atoms with E-state index in [4.69, 9.17) is 5.11 Å². The zero-order valence-corrected chi connectivity index (χ0v) is 7.28. The fourth-order valence-corrected chi connectivity index (χ4v) is 0.949. The fraction of sp³-hybridized carbons (Fsp3) is 0.250. The van der Waals surface area contributed by atoms with Gasteiger partial charge in [-0.05, 0) is 6.07 Å². The molecule has 0 aliphatic heterocycles. The Balaban J connectivity index is 2.97. The SMILES string of the molecule is O=C(O)Cc1cc(F)cnc1OC(F)F. The van der Waals surface area contributed by atoms with E-state index in [1.54, 1.807) is 0 Å². The molecule has 0 aliphatic rings. The van der Waals surface area contributed by atoms with Gasteiger partial charge in [-0.25, -0.2) is 9.37 Å². The first-order valence-electron chi connectivity index (χ1n) is 3.80. The lowest BCUT2D eigenvalue weighted by atomic mass is 10.2. The first kappa shape index (κ1) is 11.3. The van der Waals surface area contributed by atoms with Crippen LogP contribution in [0.2, 0.25) is 0 Å². The number of pyridine rings is 1. The Labute approximate surface area is 82.3 Å². The van der Waals surface area contributed by atoms with E-state index in [2.05, 4.69) is 9.72 Å². The first-order chi connectivity index (χ1) is 6.99. The van der Waals surface area contributed by atoms with Crippen molar-refractivity contribution in [2.24, 2.45) is 0 Å². The van der Waals surface area contributed by atoms with Crippen LogP contribution >= 0.6 is 0 Å². The number of halogens is 3. The maximum Gasteiger partial charge on any atom is 0.388 e. The van der Waals surface area contributed by atoms with Gasteiger partial charge in [0.2, 0.25) is 5.88 Å². The summed E-state index contributed by atoms with van der Waals surface area (Å²) in [4.78, 5) is 13.6. The monoisotopic (exact) mass is 221 g/mol. The van der Waals surface area contributed by atoms with E-state index in [9.17, 15) is 18.0 Å². The number of carbonyl (C=O) groups is 1. The van der Waals surface area contributed by atoms with Crippen LogP contribution in [0, 0.1) is 5.82 Å². The van der Waals surface area contributed by atoms with Crippen molar-refractivity contribution >= 4 is 5.97 Å². The Morgan fingerprint density at radius 3 is 2.80 bits per heavy atom. The van der Waals surface area contributed by atoms with Gasteiger partial charge in [0.1, 0.15) is 5.82 Å². The molecule has 0 bridgehead atoms. The van der Waals surface area contributed by atoms with Gasteiger partial charge in [0.25, 0.3) is 0 Å². The van der Waals surface area contributed by atoms with Crippen LogP contribution in [-0.2, 0) is 11.2 Å². The van der Waals surface area contributed by atoms with E-state index < -0.39 is 30.7 Å². The summed E-state index contributed by atoms with van der Waals surface area (Å²) in [5.74, 6) is -2.68. The van der Waals surface area contributed by atoms with Crippen LogP contribution in [-0.4, -0.2) is 22.7 Å². The average molecular weight is 221 g/mol. The van der Waals surface area contributed by atoms with E-state index in [1.165, 1.54) is 0 Å². The summed E-state index contributed by atoms with van der Waals surface area (Å²) in [6.45, 7) is -3.13. The molecule has 4 nitrogen and oxygen atoms in total. The minimum atomic E-state index is -3.13. The molecule has 0 radical (unpaired) electrons. The Hall–Kier alpha value is -1.79. The van der Waals surface area contributed by atoms with Gasteiger partial charge in [-0.2, -0.15) is 8.78 Å². The van der Waals surface area contributed by atoms with Crippen LogP contribution in [0.3, 0.4) is 0 Å². The summed E-state index contributed by atoms with van der Waals surface area (Å²) in [5, 5.41) is 8.42. The van der Waals surface area contributed by atoms with E-state index in [0.29, 0.717) is 6.20 Å².